The molecule has 31 heavy (non-hydrogen) atoms. The predicted molar refractivity (Wildman–Crippen MR) is 116 cm³/mol. The molecule has 0 radical (unpaired) electrons. The Labute approximate surface area is 183 Å². The molecule has 0 aliphatic rings. The lowest BCUT2D eigenvalue weighted by atomic mass is 9.99. The number of carbonyl (C=O) groups is 1. The average molecular weight is 461 g/mol. The highest BCUT2D eigenvalue weighted by Crippen LogP contribution is 2.31. The van der Waals surface area contributed by atoms with E-state index < -0.39 is 28.2 Å². The van der Waals surface area contributed by atoms with Crippen LogP contribution in [0.1, 0.15) is 22.5 Å². The summed E-state index contributed by atoms with van der Waals surface area (Å²) in [6.07, 6.45) is 1.14. The Morgan fingerprint density at radius 3 is 2.52 bits per heavy atom. The monoisotopic (exact) mass is 460 g/mol. The topological polar surface area (TPSA) is 92.2 Å². The summed E-state index contributed by atoms with van der Waals surface area (Å²) in [4.78, 5) is 14.5. The van der Waals surface area contributed by atoms with E-state index in [0.29, 0.717) is 32.9 Å². The van der Waals surface area contributed by atoms with Crippen LogP contribution in [0.3, 0.4) is 0 Å². The van der Waals surface area contributed by atoms with Gasteiger partial charge in [0.2, 0.25) is 0 Å². The number of aromatic amines is 1. The molecule has 160 valence electrons. The molecule has 0 fully saturated rings. The van der Waals surface area contributed by atoms with Gasteiger partial charge in [-0.3, -0.25) is 4.79 Å². The van der Waals surface area contributed by atoms with Crippen molar-refractivity contribution < 1.29 is 22.7 Å². The molecule has 0 aliphatic heterocycles. The lowest BCUT2D eigenvalue weighted by Gasteiger charge is -2.12. The molecule has 2 N–H and O–H groups in total. The van der Waals surface area contributed by atoms with Gasteiger partial charge in [-0.25, -0.2) is 16.8 Å². The molecule has 0 saturated carbocycles. The SMILES string of the molecule is Cc1[nH]c2ccc(F)c(CC(=O)O)c2c1Cc1cccn1S(=O)(=O)c1ccc(Cl)cc1. The number of carboxylic acid groups (broad SMARTS) is 1. The Balaban J connectivity index is 1.83. The van der Waals surface area contributed by atoms with E-state index in [4.69, 9.17) is 11.6 Å². The van der Waals surface area contributed by atoms with E-state index in [0.717, 1.165) is 0 Å². The second-order valence-corrected chi connectivity index (χ2v) is 9.43. The zero-order valence-electron chi connectivity index (χ0n) is 16.4. The van der Waals surface area contributed by atoms with E-state index in [2.05, 4.69) is 4.98 Å². The van der Waals surface area contributed by atoms with E-state index in [9.17, 15) is 22.7 Å². The van der Waals surface area contributed by atoms with Gasteiger partial charge in [0.25, 0.3) is 10.0 Å². The third-order valence-corrected chi connectivity index (χ3v) is 7.18. The van der Waals surface area contributed by atoms with Crippen LogP contribution in [0.5, 0.6) is 0 Å². The summed E-state index contributed by atoms with van der Waals surface area (Å²) in [5, 5.41) is 10.1. The highest BCUT2D eigenvalue weighted by atomic mass is 35.5. The predicted octanol–water partition coefficient (Wildman–Crippen LogP) is 4.53. The van der Waals surface area contributed by atoms with Gasteiger partial charge in [0.15, 0.2) is 0 Å². The van der Waals surface area contributed by atoms with Crippen molar-refractivity contribution in [3.8, 4) is 0 Å². The van der Waals surface area contributed by atoms with Crippen LogP contribution in [0.2, 0.25) is 5.02 Å². The number of hydrogen-bond acceptors (Lipinski definition) is 3. The summed E-state index contributed by atoms with van der Waals surface area (Å²) in [5.41, 5.74) is 2.50. The smallest absolute Gasteiger partial charge is 0.307 e. The first-order valence-electron chi connectivity index (χ1n) is 9.36. The van der Waals surface area contributed by atoms with Crippen LogP contribution in [-0.4, -0.2) is 28.5 Å². The molecule has 4 rings (SSSR count). The molecule has 0 atom stereocenters. The molecule has 0 saturated heterocycles. The number of nitrogens with one attached hydrogen (secondary N) is 1. The first kappa shape index (κ1) is 21.1. The van der Waals surface area contributed by atoms with Gasteiger partial charge in [0.05, 0.1) is 11.3 Å². The van der Waals surface area contributed by atoms with E-state index in [1.165, 1.54) is 40.5 Å². The number of hydrogen-bond donors (Lipinski definition) is 2. The van der Waals surface area contributed by atoms with Crippen LogP contribution in [0, 0.1) is 12.7 Å². The van der Waals surface area contributed by atoms with Gasteiger partial charge in [-0.15, -0.1) is 0 Å². The zero-order chi connectivity index (χ0) is 22.3. The molecule has 0 amide bonds. The number of aryl methyl sites for hydroxylation is 1. The van der Waals surface area contributed by atoms with Crippen molar-refractivity contribution in [1.82, 2.24) is 8.96 Å². The largest absolute Gasteiger partial charge is 0.481 e. The average Bonchev–Trinajstić information content (AvgIpc) is 3.30. The first-order chi connectivity index (χ1) is 14.7. The number of rotatable bonds is 6. The lowest BCUT2D eigenvalue weighted by molar-refractivity contribution is -0.136. The van der Waals surface area contributed by atoms with E-state index in [1.807, 2.05) is 0 Å². The lowest BCUT2D eigenvalue weighted by Crippen LogP contribution is -2.15. The molecule has 0 bridgehead atoms. The van der Waals surface area contributed by atoms with Crippen molar-refractivity contribution in [2.75, 3.05) is 0 Å². The van der Waals surface area contributed by atoms with Crippen LogP contribution >= 0.6 is 11.6 Å². The fraction of sp³-hybridized carbons (Fsp3) is 0.136. The number of carboxylic acids is 1. The molecule has 4 aromatic rings. The summed E-state index contributed by atoms with van der Waals surface area (Å²) >= 11 is 5.87. The molecular formula is C22H18ClFN2O4S. The van der Waals surface area contributed by atoms with E-state index >= 15 is 0 Å². The zero-order valence-corrected chi connectivity index (χ0v) is 18.0. The maximum atomic E-state index is 14.5. The van der Waals surface area contributed by atoms with Crippen LogP contribution < -0.4 is 0 Å². The van der Waals surface area contributed by atoms with E-state index in [-0.39, 0.29) is 16.9 Å². The number of halogens is 2. The van der Waals surface area contributed by atoms with Crippen LogP contribution in [0.15, 0.2) is 59.6 Å². The third kappa shape index (κ3) is 3.84. The number of nitrogens with zero attached hydrogens (tertiary/aromatic N) is 1. The Kier molecular flexibility index (Phi) is 5.36. The molecule has 0 aliphatic carbocycles. The number of aromatic nitrogens is 2. The minimum atomic E-state index is -3.87. The van der Waals surface area contributed by atoms with Crippen molar-refractivity contribution in [1.29, 1.82) is 0 Å². The molecule has 0 spiro atoms. The highest BCUT2D eigenvalue weighted by molar-refractivity contribution is 7.90. The van der Waals surface area contributed by atoms with Crippen molar-refractivity contribution >= 4 is 38.5 Å². The van der Waals surface area contributed by atoms with Crippen molar-refractivity contribution in [3.63, 3.8) is 0 Å². The minimum Gasteiger partial charge on any atom is -0.481 e. The first-order valence-corrected chi connectivity index (χ1v) is 11.2. The fourth-order valence-corrected chi connectivity index (χ4v) is 5.25. The van der Waals surface area contributed by atoms with Gasteiger partial charge in [-0.1, -0.05) is 11.6 Å². The summed E-state index contributed by atoms with van der Waals surface area (Å²) < 4.78 is 41.9. The quantitative estimate of drug-likeness (QED) is 0.442. The van der Waals surface area contributed by atoms with Gasteiger partial charge in [0, 0.05) is 45.5 Å². The van der Waals surface area contributed by atoms with Crippen molar-refractivity contribution in [3.05, 3.63) is 88.1 Å². The summed E-state index contributed by atoms with van der Waals surface area (Å²) in [6.45, 7) is 1.79. The Morgan fingerprint density at radius 2 is 1.84 bits per heavy atom. The normalized spacial score (nSPS) is 11.8. The Bertz CT molecular complexity index is 1410. The minimum absolute atomic E-state index is 0.0722. The summed E-state index contributed by atoms with van der Waals surface area (Å²) in [7, 11) is -3.87. The van der Waals surface area contributed by atoms with Crippen LogP contribution in [0.4, 0.5) is 4.39 Å². The van der Waals surface area contributed by atoms with Crippen LogP contribution in [-0.2, 0) is 27.7 Å². The molecule has 2 aromatic heterocycles. The number of fused-ring (bicyclic) bond motifs is 1. The highest BCUT2D eigenvalue weighted by Gasteiger charge is 2.23. The second kappa shape index (κ2) is 7.86. The Morgan fingerprint density at radius 1 is 1.13 bits per heavy atom. The fourth-order valence-electron chi connectivity index (χ4n) is 3.76. The number of aliphatic carboxylic acids is 1. The molecule has 2 aromatic carbocycles. The van der Waals surface area contributed by atoms with E-state index in [1.54, 1.807) is 25.1 Å². The maximum Gasteiger partial charge on any atom is 0.307 e. The number of benzene rings is 2. The molecule has 2 heterocycles. The second-order valence-electron chi connectivity index (χ2n) is 7.18. The molecule has 0 unspecified atom stereocenters. The standard InChI is InChI=1S/C22H18ClFN2O4S/c1-13-17(22-18(12-21(27)28)19(24)8-9-20(22)25-13)11-15-3-2-10-26(15)31(29,30)16-6-4-14(23)5-7-16/h2-10,25H,11-12H2,1H3,(H,27,28). The maximum absolute atomic E-state index is 14.5. The van der Waals surface area contributed by atoms with Gasteiger partial charge < -0.3 is 10.1 Å². The third-order valence-electron chi connectivity index (χ3n) is 5.18. The molecule has 6 nitrogen and oxygen atoms in total. The van der Waals surface area contributed by atoms with Gasteiger partial charge in [0.1, 0.15) is 5.82 Å². The van der Waals surface area contributed by atoms with Crippen molar-refractivity contribution in [2.24, 2.45) is 0 Å². The van der Waals surface area contributed by atoms with Gasteiger partial charge in [-0.05, 0) is 61.0 Å². The van der Waals surface area contributed by atoms with Crippen LogP contribution in [0.25, 0.3) is 10.9 Å². The van der Waals surface area contributed by atoms with Crippen molar-refractivity contribution in [2.45, 2.75) is 24.7 Å². The number of H-pyrrole nitrogens is 1. The molecule has 9 heteroatoms. The Hall–Kier alpha value is -3.10. The molecular weight excluding hydrogens is 443 g/mol. The van der Waals surface area contributed by atoms with Gasteiger partial charge in [-0.2, -0.15) is 0 Å². The van der Waals surface area contributed by atoms with Gasteiger partial charge >= 0.3 is 5.97 Å². The summed E-state index contributed by atoms with van der Waals surface area (Å²) in [5.74, 6) is -1.76. The summed E-state index contributed by atoms with van der Waals surface area (Å²) in [6, 6.07) is 11.9.